The molecule has 6 nitrogen and oxygen atoms in total. The molecule has 0 spiro atoms. The van der Waals surface area contributed by atoms with Gasteiger partial charge < -0.3 is 20.2 Å². The number of carbonyl (C=O) groups excluding carboxylic acids is 2. The van der Waals surface area contributed by atoms with Gasteiger partial charge in [0.1, 0.15) is 5.76 Å². The lowest BCUT2D eigenvalue weighted by molar-refractivity contribution is 0.0864. The third kappa shape index (κ3) is 4.44. The quantitative estimate of drug-likeness (QED) is 0.739. The highest BCUT2D eigenvalue weighted by Crippen LogP contribution is 2.30. The smallest absolute Gasteiger partial charge is 0.286 e. The van der Waals surface area contributed by atoms with E-state index >= 15 is 0 Å². The van der Waals surface area contributed by atoms with Gasteiger partial charge in [-0.1, -0.05) is 36.8 Å². The maximum absolute atomic E-state index is 13.0. The van der Waals surface area contributed by atoms with Gasteiger partial charge in [0, 0.05) is 25.1 Å². The summed E-state index contributed by atoms with van der Waals surface area (Å²) >= 11 is 0. The molecular formula is C22H28N2O4. The van der Waals surface area contributed by atoms with Crippen LogP contribution in [0.4, 0.5) is 0 Å². The Balaban J connectivity index is 1.89. The number of nitrogens with one attached hydrogen (secondary N) is 2. The highest BCUT2D eigenvalue weighted by Gasteiger charge is 2.28. The van der Waals surface area contributed by atoms with Crippen LogP contribution in [0.1, 0.15) is 76.3 Å². The van der Waals surface area contributed by atoms with Crippen molar-refractivity contribution in [2.75, 3.05) is 7.05 Å². The molecule has 0 bridgehead atoms. The van der Waals surface area contributed by atoms with E-state index in [2.05, 4.69) is 16.7 Å². The minimum atomic E-state index is -0.363. The van der Waals surface area contributed by atoms with Crippen LogP contribution in [0.5, 0.6) is 0 Å². The number of aliphatic hydroxyl groups excluding tert-OH is 1. The van der Waals surface area contributed by atoms with Gasteiger partial charge in [0.25, 0.3) is 11.8 Å². The van der Waals surface area contributed by atoms with Crippen LogP contribution >= 0.6 is 0 Å². The molecule has 3 rings (SSSR count). The topological polar surface area (TPSA) is 91.6 Å². The Morgan fingerprint density at radius 1 is 1.14 bits per heavy atom. The molecule has 6 heteroatoms. The molecule has 0 radical (unpaired) electrons. The van der Waals surface area contributed by atoms with E-state index in [0.717, 1.165) is 24.0 Å². The molecule has 1 saturated carbocycles. The van der Waals surface area contributed by atoms with Crippen LogP contribution in [0.25, 0.3) is 0 Å². The fourth-order valence-electron chi connectivity index (χ4n) is 3.71. The van der Waals surface area contributed by atoms with E-state index in [4.69, 9.17) is 4.42 Å². The van der Waals surface area contributed by atoms with Crippen LogP contribution in [0.15, 0.2) is 34.7 Å². The van der Waals surface area contributed by atoms with E-state index in [1.54, 1.807) is 0 Å². The molecule has 1 aromatic carbocycles. The van der Waals surface area contributed by atoms with Gasteiger partial charge in [0.05, 0.1) is 11.7 Å². The third-order valence-corrected chi connectivity index (χ3v) is 5.42. The van der Waals surface area contributed by atoms with Gasteiger partial charge in [-0.15, -0.1) is 0 Å². The monoisotopic (exact) mass is 384 g/mol. The SMILES string of the molecule is CNC(=O)c1cc(C(=O)NC2CCC(O)CC2)c([C@@H](C)c2cccc(C)c2)o1. The summed E-state index contributed by atoms with van der Waals surface area (Å²) in [7, 11) is 1.53. The number of hydrogen-bond donors (Lipinski definition) is 3. The van der Waals surface area contributed by atoms with Crippen LogP contribution in [-0.2, 0) is 0 Å². The Hall–Kier alpha value is -2.60. The number of aryl methyl sites for hydroxylation is 1. The number of rotatable bonds is 5. The molecule has 2 amide bonds. The molecule has 1 aliphatic rings. The molecule has 1 atom stereocenters. The predicted octanol–water partition coefficient (Wildman–Crippen LogP) is 3.13. The first-order chi connectivity index (χ1) is 13.4. The maximum Gasteiger partial charge on any atom is 0.286 e. The van der Waals surface area contributed by atoms with E-state index in [1.807, 2.05) is 32.0 Å². The zero-order valence-corrected chi connectivity index (χ0v) is 16.6. The zero-order valence-electron chi connectivity index (χ0n) is 16.6. The maximum atomic E-state index is 13.0. The lowest BCUT2D eigenvalue weighted by Crippen LogP contribution is -2.38. The molecule has 150 valence electrons. The average Bonchev–Trinajstić information content (AvgIpc) is 3.14. The summed E-state index contributed by atoms with van der Waals surface area (Å²) in [5, 5.41) is 15.2. The van der Waals surface area contributed by atoms with Crippen molar-refractivity contribution in [1.29, 1.82) is 0 Å². The van der Waals surface area contributed by atoms with Gasteiger partial charge >= 0.3 is 0 Å². The molecule has 0 saturated heterocycles. The van der Waals surface area contributed by atoms with Gasteiger partial charge in [0.15, 0.2) is 5.76 Å². The van der Waals surface area contributed by atoms with Crippen molar-refractivity contribution in [2.45, 2.75) is 57.6 Å². The lowest BCUT2D eigenvalue weighted by Gasteiger charge is -2.26. The van der Waals surface area contributed by atoms with Crippen molar-refractivity contribution in [3.05, 3.63) is 58.5 Å². The van der Waals surface area contributed by atoms with Crippen molar-refractivity contribution in [1.82, 2.24) is 10.6 Å². The second-order valence-electron chi connectivity index (χ2n) is 7.58. The number of furan rings is 1. The molecule has 1 aromatic heterocycles. The molecule has 1 fully saturated rings. The number of benzene rings is 1. The second-order valence-corrected chi connectivity index (χ2v) is 7.58. The zero-order chi connectivity index (χ0) is 20.3. The fourth-order valence-corrected chi connectivity index (χ4v) is 3.71. The molecule has 1 aliphatic carbocycles. The lowest BCUT2D eigenvalue weighted by atomic mass is 9.92. The Labute approximate surface area is 165 Å². The normalized spacial score (nSPS) is 20.4. The first-order valence-corrected chi connectivity index (χ1v) is 9.80. The summed E-state index contributed by atoms with van der Waals surface area (Å²) in [6.07, 6.45) is 2.59. The molecule has 28 heavy (non-hydrogen) atoms. The van der Waals surface area contributed by atoms with Crippen LogP contribution in [0.2, 0.25) is 0 Å². The molecular weight excluding hydrogens is 356 g/mol. The predicted molar refractivity (Wildman–Crippen MR) is 107 cm³/mol. The Morgan fingerprint density at radius 2 is 1.86 bits per heavy atom. The van der Waals surface area contributed by atoms with E-state index in [1.165, 1.54) is 13.1 Å². The Bertz CT molecular complexity index is 850. The Kier molecular flexibility index (Phi) is 6.19. The number of amides is 2. The largest absolute Gasteiger partial charge is 0.454 e. The second kappa shape index (κ2) is 8.61. The number of carbonyl (C=O) groups is 2. The molecule has 0 unspecified atom stereocenters. The minimum absolute atomic E-state index is 0.0244. The van der Waals surface area contributed by atoms with E-state index in [9.17, 15) is 14.7 Å². The van der Waals surface area contributed by atoms with Crippen LogP contribution in [0, 0.1) is 6.92 Å². The van der Waals surface area contributed by atoms with Crippen molar-refractivity contribution >= 4 is 11.8 Å². The van der Waals surface area contributed by atoms with Gasteiger partial charge in [0.2, 0.25) is 0 Å². The third-order valence-electron chi connectivity index (χ3n) is 5.42. The number of hydrogen-bond acceptors (Lipinski definition) is 4. The van der Waals surface area contributed by atoms with Crippen LogP contribution in [0.3, 0.4) is 0 Å². The Morgan fingerprint density at radius 3 is 2.50 bits per heavy atom. The summed E-state index contributed by atoms with van der Waals surface area (Å²) in [4.78, 5) is 25.1. The average molecular weight is 384 g/mol. The van der Waals surface area contributed by atoms with Gasteiger partial charge in [-0.05, 0) is 38.2 Å². The van der Waals surface area contributed by atoms with Crippen LogP contribution in [-0.4, -0.2) is 36.1 Å². The van der Waals surface area contributed by atoms with Gasteiger partial charge in [-0.3, -0.25) is 9.59 Å². The number of aliphatic hydroxyl groups is 1. The summed E-state index contributed by atoms with van der Waals surface area (Å²) in [6.45, 7) is 3.98. The molecule has 2 aromatic rings. The van der Waals surface area contributed by atoms with Crippen molar-refractivity contribution in [2.24, 2.45) is 0 Å². The van der Waals surface area contributed by atoms with E-state index in [-0.39, 0.29) is 35.6 Å². The van der Waals surface area contributed by atoms with E-state index in [0.29, 0.717) is 24.2 Å². The highest BCUT2D eigenvalue weighted by atomic mass is 16.4. The summed E-state index contributed by atoms with van der Waals surface area (Å²) in [5.74, 6) is -0.168. The van der Waals surface area contributed by atoms with Gasteiger partial charge in [-0.25, -0.2) is 0 Å². The van der Waals surface area contributed by atoms with Crippen molar-refractivity contribution in [3.8, 4) is 0 Å². The summed E-state index contributed by atoms with van der Waals surface area (Å²) in [6, 6.07) is 9.57. The van der Waals surface area contributed by atoms with Crippen molar-refractivity contribution in [3.63, 3.8) is 0 Å². The van der Waals surface area contributed by atoms with Crippen LogP contribution < -0.4 is 10.6 Å². The molecule has 3 N–H and O–H groups in total. The minimum Gasteiger partial charge on any atom is -0.454 e. The van der Waals surface area contributed by atoms with Crippen molar-refractivity contribution < 1.29 is 19.1 Å². The summed E-state index contributed by atoms with van der Waals surface area (Å²) in [5.41, 5.74) is 2.53. The van der Waals surface area contributed by atoms with E-state index < -0.39 is 0 Å². The first-order valence-electron chi connectivity index (χ1n) is 9.80. The molecule has 0 aliphatic heterocycles. The molecule has 1 heterocycles. The van der Waals surface area contributed by atoms with Gasteiger partial charge in [-0.2, -0.15) is 0 Å². The first kappa shape index (κ1) is 20.1. The standard InChI is InChI=1S/C22H28N2O4/c1-13-5-4-6-15(11-13)14(2)20-18(12-19(28-20)22(27)23-3)21(26)24-16-7-9-17(25)10-8-16/h4-6,11-12,14,16-17,25H,7-10H2,1-3H3,(H,23,27)(H,24,26)/t14-,16?,17?/m0/s1. The fraction of sp³-hybridized carbons (Fsp3) is 0.455. The highest BCUT2D eigenvalue weighted by molar-refractivity contribution is 5.99. The summed E-state index contributed by atoms with van der Waals surface area (Å²) < 4.78 is 5.84.